The molecular formula is C28H26N4O4S. The number of ether oxygens (including phenoxy) is 1. The van der Waals surface area contributed by atoms with E-state index in [1.54, 1.807) is 36.7 Å². The van der Waals surface area contributed by atoms with Crippen LogP contribution in [0, 0.1) is 0 Å². The van der Waals surface area contributed by atoms with Gasteiger partial charge in [0.2, 0.25) is 10.0 Å². The number of hydrogen-bond acceptors (Lipinski definition) is 6. The van der Waals surface area contributed by atoms with Gasteiger partial charge < -0.3 is 4.74 Å². The van der Waals surface area contributed by atoms with Crippen LogP contribution in [0.3, 0.4) is 0 Å². The Labute approximate surface area is 214 Å². The Morgan fingerprint density at radius 3 is 2.57 bits per heavy atom. The van der Waals surface area contributed by atoms with Crippen molar-refractivity contribution in [3.8, 4) is 11.1 Å². The van der Waals surface area contributed by atoms with E-state index in [0.717, 1.165) is 29.4 Å². The van der Waals surface area contributed by atoms with Crippen molar-refractivity contribution >= 4 is 37.4 Å². The minimum atomic E-state index is -3.46. The third-order valence-corrected chi connectivity index (χ3v) is 6.55. The molecule has 5 aromatic rings. The topological polar surface area (TPSA) is 103 Å². The number of nitrogens with zero attached hydrogens (tertiary/aromatic N) is 3. The zero-order valence-corrected chi connectivity index (χ0v) is 21.1. The van der Waals surface area contributed by atoms with Gasteiger partial charge in [-0.25, -0.2) is 8.42 Å². The minimum Gasteiger partial charge on any atom is -0.377 e. The molecule has 8 nitrogen and oxygen atoms in total. The number of hydrogen-bond donors (Lipinski definition) is 1. The summed E-state index contributed by atoms with van der Waals surface area (Å²) in [7, 11) is -3.46. The van der Waals surface area contributed by atoms with Crippen LogP contribution in [0.5, 0.6) is 0 Å². The normalized spacial score (nSPS) is 11.7. The fourth-order valence-electron chi connectivity index (χ4n) is 4.17. The van der Waals surface area contributed by atoms with Crippen LogP contribution in [-0.2, 0) is 27.9 Å². The van der Waals surface area contributed by atoms with Crippen molar-refractivity contribution in [2.75, 3.05) is 17.6 Å². The first-order valence-corrected chi connectivity index (χ1v) is 13.7. The number of anilines is 1. The molecule has 0 fully saturated rings. The molecule has 0 unspecified atom stereocenters. The van der Waals surface area contributed by atoms with E-state index in [2.05, 4.69) is 14.8 Å². The van der Waals surface area contributed by atoms with Crippen molar-refractivity contribution in [3.63, 3.8) is 0 Å². The van der Waals surface area contributed by atoms with E-state index in [0.29, 0.717) is 47.1 Å². The summed E-state index contributed by atoms with van der Waals surface area (Å²) in [5.74, 6) is 0. The van der Waals surface area contributed by atoms with Crippen molar-refractivity contribution in [2.45, 2.75) is 19.6 Å². The lowest BCUT2D eigenvalue weighted by molar-refractivity contribution is 0.115. The van der Waals surface area contributed by atoms with Gasteiger partial charge in [0, 0.05) is 53.1 Å². The van der Waals surface area contributed by atoms with Gasteiger partial charge in [-0.2, -0.15) is 5.10 Å². The molecule has 0 spiro atoms. The highest BCUT2D eigenvalue weighted by atomic mass is 32.2. The maximum Gasteiger partial charge on any atom is 0.229 e. The highest BCUT2D eigenvalue weighted by molar-refractivity contribution is 7.92. The van der Waals surface area contributed by atoms with Gasteiger partial charge in [-0.05, 0) is 41.6 Å². The first-order valence-electron chi connectivity index (χ1n) is 11.8. The fourth-order valence-corrected chi connectivity index (χ4v) is 4.72. The van der Waals surface area contributed by atoms with Gasteiger partial charge >= 0.3 is 0 Å². The third kappa shape index (κ3) is 6.02. The lowest BCUT2D eigenvalue weighted by Crippen LogP contribution is -2.10. The molecule has 0 aliphatic carbocycles. The van der Waals surface area contributed by atoms with E-state index >= 15 is 0 Å². The molecule has 0 amide bonds. The molecule has 3 aromatic carbocycles. The molecule has 0 radical (unpaired) electrons. The summed E-state index contributed by atoms with van der Waals surface area (Å²) in [6, 6.07) is 20.4. The average Bonchev–Trinajstić information content (AvgIpc) is 3.31. The van der Waals surface area contributed by atoms with Crippen LogP contribution in [-0.4, -0.2) is 36.0 Å². The SMILES string of the molecule is CS(=O)(=O)Nc1ccc2ccc3ncc(-c4cnn(CCCOCc5ccccc5)c4)cc3c(=O)c2c1. The molecule has 0 saturated heterocycles. The van der Waals surface area contributed by atoms with Crippen molar-refractivity contribution < 1.29 is 13.2 Å². The Hall–Kier alpha value is -4.08. The van der Waals surface area contributed by atoms with Crippen LogP contribution in [0.4, 0.5) is 5.69 Å². The number of benzene rings is 2. The number of aryl methyl sites for hydroxylation is 1. The molecule has 2 heterocycles. The quantitative estimate of drug-likeness (QED) is 0.289. The smallest absolute Gasteiger partial charge is 0.229 e. The van der Waals surface area contributed by atoms with Gasteiger partial charge in [0.1, 0.15) is 0 Å². The monoisotopic (exact) mass is 514 g/mol. The Kier molecular flexibility index (Phi) is 6.98. The lowest BCUT2D eigenvalue weighted by Gasteiger charge is -2.05. The molecule has 9 heteroatoms. The standard InChI is InChI=1S/C28H26N4O4S/c1-37(34,35)31-24-10-8-21-9-11-27-26(28(33)25(21)15-24)14-22(16-29-27)23-17-30-32(18-23)12-5-13-36-19-20-6-3-2-4-7-20/h2-4,6-11,14-18,31H,5,12-13,19H2,1H3. The Bertz CT molecular complexity index is 1730. The van der Waals surface area contributed by atoms with Crippen LogP contribution >= 0.6 is 0 Å². The number of pyridine rings is 1. The predicted octanol–water partition coefficient (Wildman–Crippen LogP) is 4.59. The Morgan fingerprint density at radius 1 is 0.946 bits per heavy atom. The summed E-state index contributed by atoms with van der Waals surface area (Å²) >= 11 is 0. The molecule has 0 aliphatic heterocycles. The van der Waals surface area contributed by atoms with Crippen molar-refractivity contribution in [2.24, 2.45) is 0 Å². The zero-order valence-electron chi connectivity index (χ0n) is 20.3. The number of aromatic nitrogens is 3. The number of sulfonamides is 1. The first kappa shape index (κ1) is 24.6. The van der Waals surface area contributed by atoms with Crippen LogP contribution < -0.4 is 10.2 Å². The van der Waals surface area contributed by atoms with Crippen molar-refractivity contribution in [1.29, 1.82) is 0 Å². The average molecular weight is 515 g/mol. The number of nitrogens with one attached hydrogen (secondary N) is 1. The number of rotatable bonds is 9. The Balaban J connectivity index is 1.35. The summed E-state index contributed by atoms with van der Waals surface area (Å²) < 4.78 is 33.3. The van der Waals surface area contributed by atoms with Gasteiger partial charge in [0.15, 0.2) is 5.43 Å². The second kappa shape index (κ2) is 10.5. The number of fused-ring (bicyclic) bond motifs is 2. The highest BCUT2D eigenvalue weighted by Gasteiger charge is 2.10. The zero-order chi connectivity index (χ0) is 25.8. The molecule has 0 bridgehead atoms. The maximum absolute atomic E-state index is 13.4. The molecular weight excluding hydrogens is 488 g/mol. The van der Waals surface area contributed by atoms with Gasteiger partial charge in [-0.1, -0.05) is 42.5 Å². The van der Waals surface area contributed by atoms with Gasteiger partial charge in [0.25, 0.3) is 0 Å². The first-order chi connectivity index (χ1) is 17.9. The molecule has 0 atom stereocenters. The lowest BCUT2D eigenvalue weighted by atomic mass is 10.1. The van der Waals surface area contributed by atoms with E-state index in [-0.39, 0.29) is 5.43 Å². The van der Waals surface area contributed by atoms with E-state index in [4.69, 9.17) is 4.74 Å². The molecule has 37 heavy (non-hydrogen) atoms. The molecule has 1 N–H and O–H groups in total. The predicted molar refractivity (Wildman–Crippen MR) is 146 cm³/mol. The summed E-state index contributed by atoms with van der Waals surface area (Å²) in [5, 5.41) is 6.01. The van der Waals surface area contributed by atoms with E-state index in [9.17, 15) is 13.2 Å². The maximum atomic E-state index is 13.4. The Morgan fingerprint density at radius 2 is 1.76 bits per heavy atom. The summed E-state index contributed by atoms with van der Waals surface area (Å²) in [6.07, 6.45) is 7.31. The minimum absolute atomic E-state index is 0.218. The second-order valence-corrected chi connectivity index (χ2v) is 10.6. The molecule has 2 aromatic heterocycles. The van der Waals surface area contributed by atoms with Crippen molar-refractivity contribution in [1.82, 2.24) is 14.8 Å². The molecule has 0 saturated carbocycles. The summed E-state index contributed by atoms with van der Waals surface area (Å²) in [5.41, 5.74) is 3.46. The third-order valence-electron chi connectivity index (χ3n) is 5.94. The highest BCUT2D eigenvalue weighted by Crippen LogP contribution is 2.23. The van der Waals surface area contributed by atoms with Gasteiger partial charge in [0.05, 0.1) is 24.6 Å². The molecule has 188 valence electrons. The molecule has 0 aliphatic rings. The summed E-state index contributed by atoms with van der Waals surface area (Å²) in [4.78, 5) is 18.0. The van der Waals surface area contributed by atoms with Crippen molar-refractivity contribution in [3.05, 3.63) is 101 Å². The fraction of sp³-hybridized carbons (Fsp3) is 0.179. The van der Waals surface area contributed by atoms with Crippen LogP contribution in [0.2, 0.25) is 0 Å². The summed E-state index contributed by atoms with van der Waals surface area (Å²) in [6.45, 7) is 1.92. The largest absolute Gasteiger partial charge is 0.377 e. The van der Waals surface area contributed by atoms with Crippen LogP contribution in [0.15, 0.2) is 90.1 Å². The van der Waals surface area contributed by atoms with E-state index < -0.39 is 10.0 Å². The van der Waals surface area contributed by atoms with Crippen LogP contribution in [0.1, 0.15) is 12.0 Å². The van der Waals surface area contributed by atoms with Gasteiger partial charge in [-0.3, -0.25) is 19.2 Å². The van der Waals surface area contributed by atoms with Crippen LogP contribution in [0.25, 0.3) is 32.8 Å². The van der Waals surface area contributed by atoms with E-state index in [1.165, 1.54) is 0 Å². The second-order valence-electron chi connectivity index (χ2n) is 8.88. The molecule has 5 rings (SSSR count). The van der Waals surface area contributed by atoms with E-state index in [1.807, 2.05) is 53.3 Å². The van der Waals surface area contributed by atoms with Gasteiger partial charge in [-0.15, -0.1) is 0 Å².